The largest absolute Gasteiger partial charge is 0.488 e. The van der Waals surface area contributed by atoms with Crippen molar-refractivity contribution in [2.24, 2.45) is 0 Å². The molecule has 0 fully saturated rings. The van der Waals surface area contributed by atoms with Gasteiger partial charge in [0.15, 0.2) is 0 Å². The lowest BCUT2D eigenvalue weighted by Gasteiger charge is -2.11. The van der Waals surface area contributed by atoms with E-state index in [2.05, 4.69) is 5.10 Å². The molecule has 0 bridgehead atoms. The van der Waals surface area contributed by atoms with Gasteiger partial charge in [-0.05, 0) is 25.5 Å². The lowest BCUT2D eigenvalue weighted by molar-refractivity contribution is -0.131. The third-order valence-corrected chi connectivity index (χ3v) is 3.04. The molecule has 0 unspecified atom stereocenters. The number of ether oxygens (including phenoxy) is 1. The summed E-state index contributed by atoms with van der Waals surface area (Å²) in [5.41, 5.74) is 2.69. The summed E-state index contributed by atoms with van der Waals surface area (Å²) in [6, 6.07) is 5.64. The van der Waals surface area contributed by atoms with Gasteiger partial charge in [0.05, 0.1) is 6.20 Å². The summed E-state index contributed by atoms with van der Waals surface area (Å²) in [6.07, 6.45) is 6.36. The maximum absolute atomic E-state index is 10.6. The third-order valence-electron chi connectivity index (χ3n) is 3.04. The van der Waals surface area contributed by atoms with E-state index in [0.29, 0.717) is 12.4 Å². The van der Waals surface area contributed by atoms with Crippen molar-refractivity contribution in [3.05, 3.63) is 53.4 Å². The Hall–Kier alpha value is -2.56. The summed E-state index contributed by atoms with van der Waals surface area (Å²) >= 11 is 0. The minimum Gasteiger partial charge on any atom is -0.488 e. The molecule has 0 saturated heterocycles. The number of carbonyl (C=O) groups is 1. The van der Waals surface area contributed by atoms with E-state index in [1.54, 1.807) is 12.3 Å². The molecule has 1 heterocycles. The molecule has 110 valence electrons. The van der Waals surface area contributed by atoms with Gasteiger partial charge in [-0.1, -0.05) is 18.2 Å². The summed E-state index contributed by atoms with van der Waals surface area (Å²) < 4.78 is 7.68. The second-order valence-electron chi connectivity index (χ2n) is 4.66. The van der Waals surface area contributed by atoms with Crippen molar-refractivity contribution >= 4 is 12.0 Å². The molecule has 1 N–H and O–H groups in total. The topological polar surface area (TPSA) is 64.3 Å². The predicted molar refractivity (Wildman–Crippen MR) is 80.1 cm³/mol. The van der Waals surface area contributed by atoms with Gasteiger partial charge in [0.25, 0.3) is 0 Å². The number of para-hydroxylation sites is 1. The fraction of sp³-hybridized carbons (Fsp3) is 0.250. The molecule has 21 heavy (non-hydrogen) atoms. The van der Waals surface area contributed by atoms with Crippen molar-refractivity contribution in [3.63, 3.8) is 0 Å². The molecule has 5 heteroatoms. The highest BCUT2D eigenvalue weighted by molar-refractivity contribution is 5.86. The molecule has 1 aromatic carbocycles. The molecule has 0 aliphatic heterocycles. The van der Waals surface area contributed by atoms with Crippen LogP contribution in [-0.2, 0) is 17.9 Å². The third kappa shape index (κ3) is 3.95. The smallest absolute Gasteiger partial charge is 0.328 e. The number of hydrogen-bond donors (Lipinski definition) is 1. The van der Waals surface area contributed by atoms with Gasteiger partial charge in [-0.25, -0.2) is 4.79 Å². The molecule has 2 rings (SSSR count). The standard InChI is InChI=1S/C16H18N2O3/c1-3-18-10-13(9-17-18)11-21-16-12(2)5-4-6-14(16)7-8-15(19)20/h4-10H,3,11H2,1-2H3,(H,19,20)/b8-7+. The Morgan fingerprint density at radius 2 is 2.29 bits per heavy atom. The van der Waals surface area contributed by atoms with Gasteiger partial charge in [0, 0.05) is 29.9 Å². The maximum atomic E-state index is 10.6. The molecule has 0 aliphatic carbocycles. The van der Waals surface area contributed by atoms with Gasteiger partial charge in [-0.3, -0.25) is 4.68 Å². The van der Waals surface area contributed by atoms with Crippen molar-refractivity contribution in [1.29, 1.82) is 0 Å². The van der Waals surface area contributed by atoms with Crippen LogP contribution in [0.2, 0.25) is 0 Å². The fourth-order valence-electron chi connectivity index (χ4n) is 1.97. The Balaban J connectivity index is 2.16. The van der Waals surface area contributed by atoms with Crippen molar-refractivity contribution in [3.8, 4) is 5.75 Å². The number of aliphatic carboxylic acids is 1. The molecule has 0 amide bonds. The van der Waals surface area contributed by atoms with Crippen LogP contribution in [0.25, 0.3) is 6.08 Å². The van der Waals surface area contributed by atoms with Crippen LogP contribution in [0.15, 0.2) is 36.7 Å². The van der Waals surface area contributed by atoms with Crippen LogP contribution < -0.4 is 4.74 Å². The number of rotatable bonds is 6. The molecular formula is C16H18N2O3. The van der Waals surface area contributed by atoms with Crippen LogP contribution in [0.1, 0.15) is 23.6 Å². The summed E-state index contributed by atoms with van der Waals surface area (Å²) in [5.74, 6) is -0.286. The molecule has 0 spiro atoms. The Bertz CT molecular complexity index is 659. The minimum atomic E-state index is -0.980. The average Bonchev–Trinajstić information content (AvgIpc) is 2.92. The summed E-state index contributed by atoms with van der Waals surface area (Å²) in [7, 11) is 0. The SMILES string of the molecule is CCn1cc(COc2c(C)cccc2/C=C/C(=O)O)cn1. The number of benzene rings is 1. The Labute approximate surface area is 123 Å². The molecule has 0 saturated carbocycles. The quantitative estimate of drug-likeness (QED) is 0.829. The van der Waals surface area contributed by atoms with Gasteiger partial charge in [0.2, 0.25) is 0 Å². The normalized spacial score (nSPS) is 11.0. The van der Waals surface area contributed by atoms with Crippen LogP contribution in [0.5, 0.6) is 5.75 Å². The second-order valence-corrected chi connectivity index (χ2v) is 4.66. The number of aromatic nitrogens is 2. The zero-order valence-corrected chi connectivity index (χ0v) is 12.1. The monoisotopic (exact) mass is 286 g/mol. The highest BCUT2D eigenvalue weighted by Crippen LogP contribution is 2.25. The van der Waals surface area contributed by atoms with Crippen LogP contribution in [0.4, 0.5) is 0 Å². The van der Waals surface area contributed by atoms with Gasteiger partial charge < -0.3 is 9.84 Å². The molecular weight excluding hydrogens is 268 g/mol. The average molecular weight is 286 g/mol. The van der Waals surface area contributed by atoms with Crippen LogP contribution >= 0.6 is 0 Å². The zero-order chi connectivity index (χ0) is 15.2. The number of hydrogen-bond acceptors (Lipinski definition) is 3. The van der Waals surface area contributed by atoms with Crippen molar-refractivity contribution in [2.75, 3.05) is 0 Å². The summed E-state index contributed by atoms with van der Waals surface area (Å²) in [5, 5.41) is 12.9. The van der Waals surface area contributed by atoms with Crippen LogP contribution in [0.3, 0.4) is 0 Å². The van der Waals surface area contributed by atoms with E-state index in [1.165, 1.54) is 0 Å². The molecule has 0 radical (unpaired) electrons. The van der Waals surface area contributed by atoms with E-state index in [9.17, 15) is 4.79 Å². The lowest BCUT2D eigenvalue weighted by atomic mass is 10.1. The lowest BCUT2D eigenvalue weighted by Crippen LogP contribution is -1.99. The minimum absolute atomic E-state index is 0.402. The highest BCUT2D eigenvalue weighted by Gasteiger charge is 2.06. The van der Waals surface area contributed by atoms with Crippen molar-refractivity contribution in [2.45, 2.75) is 27.0 Å². The Morgan fingerprint density at radius 3 is 2.95 bits per heavy atom. The molecule has 0 aliphatic rings. The van der Waals surface area contributed by atoms with E-state index in [1.807, 2.05) is 42.9 Å². The first-order valence-electron chi connectivity index (χ1n) is 6.75. The van der Waals surface area contributed by atoms with Gasteiger partial charge in [0.1, 0.15) is 12.4 Å². The maximum Gasteiger partial charge on any atom is 0.328 e. The first-order valence-corrected chi connectivity index (χ1v) is 6.75. The van der Waals surface area contributed by atoms with Crippen LogP contribution in [-0.4, -0.2) is 20.9 Å². The Morgan fingerprint density at radius 1 is 1.48 bits per heavy atom. The molecule has 2 aromatic rings. The fourth-order valence-corrected chi connectivity index (χ4v) is 1.97. The number of carboxylic acids is 1. The molecule has 1 aromatic heterocycles. The highest BCUT2D eigenvalue weighted by atomic mass is 16.5. The van der Waals surface area contributed by atoms with E-state index in [4.69, 9.17) is 9.84 Å². The predicted octanol–water partition coefficient (Wildman–Crippen LogP) is 2.89. The van der Waals surface area contributed by atoms with Gasteiger partial charge >= 0.3 is 5.97 Å². The van der Waals surface area contributed by atoms with Crippen molar-refractivity contribution < 1.29 is 14.6 Å². The molecule has 0 atom stereocenters. The number of aryl methyl sites for hydroxylation is 2. The van der Waals surface area contributed by atoms with Crippen LogP contribution in [0, 0.1) is 6.92 Å². The first kappa shape index (κ1) is 14.8. The Kier molecular flexibility index (Phi) is 4.77. The van der Waals surface area contributed by atoms with Gasteiger partial charge in [-0.15, -0.1) is 0 Å². The van der Waals surface area contributed by atoms with E-state index < -0.39 is 5.97 Å². The summed E-state index contributed by atoms with van der Waals surface area (Å²) in [4.78, 5) is 10.6. The van der Waals surface area contributed by atoms with Crippen molar-refractivity contribution in [1.82, 2.24) is 9.78 Å². The molecule has 5 nitrogen and oxygen atoms in total. The zero-order valence-electron chi connectivity index (χ0n) is 12.1. The van der Waals surface area contributed by atoms with E-state index in [-0.39, 0.29) is 0 Å². The summed E-state index contributed by atoms with van der Waals surface area (Å²) in [6.45, 7) is 5.17. The second kappa shape index (κ2) is 6.74. The van der Waals surface area contributed by atoms with E-state index >= 15 is 0 Å². The first-order chi connectivity index (χ1) is 10.1. The number of nitrogens with zero attached hydrogens (tertiary/aromatic N) is 2. The number of carboxylic acid groups (broad SMARTS) is 1. The van der Waals surface area contributed by atoms with Gasteiger partial charge in [-0.2, -0.15) is 5.10 Å². The van der Waals surface area contributed by atoms with E-state index in [0.717, 1.165) is 29.3 Å².